The van der Waals surface area contributed by atoms with Gasteiger partial charge in [-0.2, -0.15) is 10.5 Å². The smallest absolute Gasteiger partial charge is 0.418 e. The first-order valence-corrected chi connectivity index (χ1v) is 10.9. The number of hydrogen-bond donors (Lipinski definition) is 3. The van der Waals surface area contributed by atoms with Crippen LogP contribution < -0.4 is 11.1 Å². The number of aryl methyl sites for hydroxylation is 2. The molecular weight excluding hydrogens is 627 g/mol. The Bertz CT molecular complexity index is 1450. The molecule has 0 bridgehead atoms. The molecule has 0 saturated carbocycles. The van der Waals surface area contributed by atoms with Gasteiger partial charge in [0.2, 0.25) is 0 Å². The van der Waals surface area contributed by atoms with Gasteiger partial charge in [-0.05, 0) is 61.4 Å². The van der Waals surface area contributed by atoms with Crippen LogP contribution >= 0.6 is 0 Å². The molecule has 0 saturated heterocycles. The van der Waals surface area contributed by atoms with Crippen molar-refractivity contribution in [2.75, 3.05) is 7.11 Å². The van der Waals surface area contributed by atoms with Gasteiger partial charge in [0, 0.05) is 54.4 Å². The van der Waals surface area contributed by atoms with E-state index in [0.29, 0.717) is 0 Å². The van der Waals surface area contributed by atoms with Crippen LogP contribution in [0.3, 0.4) is 0 Å². The number of pyridine rings is 4. The molecular formula is C25H22AgBF4N6O3. The minimum atomic E-state index is -6.00. The average molecular weight is 649 g/mol. The number of nitrogens with zero attached hydrogens (tertiary/aromatic N) is 4. The number of aliphatic hydroxyl groups excluding tert-OH is 1. The number of aliphatic hydroxyl groups is 1. The van der Waals surface area contributed by atoms with Crippen molar-refractivity contribution >= 4 is 7.25 Å². The van der Waals surface area contributed by atoms with Crippen molar-refractivity contribution < 1.29 is 44.7 Å². The summed E-state index contributed by atoms with van der Waals surface area (Å²) >= 11 is 0. The molecule has 0 radical (unpaired) electrons. The Morgan fingerprint density at radius 3 is 1.25 bits per heavy atom. The van der Waals surface area contributed by atoms with Gasteiger partial charge in [-0.15, -0.1) is 0 Å². The normalized spacial score (nSPS) is 9.45. The van der Waals surface area contributed by atoms with Crippen LogP contribution in [0.5, 0.6) is 0 Å². The van der Waals surface area contributed by atoms with Crippen LogP contribution in [0.4, 0.5) is 17.3 Å². The van der Waals surface area contributed by atoms with Gasteiger partial charge in [0.15, 0.2) is 0 Å². The Hall–Kier alpha value is -4.33. The third-order valence-corrected chi connectivity index (χ3v) is 4.70. The summed E-state index contributed by atoms with van der Waals surface area (Å²) in [6.07, 6.45) is 6.69. The minimum absolute atomic E-state index is 0. The molecule has 0 spiro atoms. The van der Waals surface area contributed by atoms with Gasteiger partial charge in [-0.3, -0.25) is 19.6 Å². The van der Waals surface area contributed by atoms with Crippen molar-refractivity contribution in [1.82, 2.24) is 19.9 Å². The Labute approximate surface area is 241 Å². The van der Waals surface area contributed by atoms with E-state index in [1.54, 1.807) is 50.8 Å². The van der Waals surface area contributed by atoms with Gasteiger partial charge in [0.1, 0.15) is 23.3 Å². The van der Waals surface area contributed by atoms with Crippen molar-refractivity contribution in [3.8, 4) is 34.4 Å². The number of nitriles is 2. The zero-order chi connectivity index (χ0) is 29.6. The second-order valence-electron chi connectivity index (χ2n) is 7.29. The van der Waals surface area contributed by atoms with Crippen LogP contribution in [0.2, 0.25) is 0 Å². The fourth-order valence-corrected chi connectivity index (χ4v) is 3.07. The number of halogens is 4. The standard InChI is InChI=1S/2C12H9N3O.CH4O.Ag.BF4/c2*1-8-11(9-2-4-14-5-3-9)6-10(7-13)12(16)15-8;1-2;;2-1(3,4)5/h2*2-6H,1H3,(H,15,16);2H,1H3;;/q;;;+1;-1. The van der Waals surface area contributed by atoms with Gasteiger partial charge in [-0.1, -0.05) is 0 Å². The number of aromatic amines is 2. The molecule has 0 aromatic carbocycles. The molecule has 0 unspecified atom stereocenters. The second-order valence-corrected chi connectivity index (χ2v) is 7.29. The molecule has 0 aliphatic rings. The van der Waals surface area contributed by atoms with Crippen molar-refractivity contribution in [2.24, 2.45) is 0 Å². The Morgan fingerprint density at radius 2 is 1.00 bits per heavy atom. The first-order valence-electron chi connectivity index (χ1n) is 10.9. The molecule has 9 nitrogen and oxygen atoms in total. The summed E-state index contributed by atoms with van der Waals surface area (Å²) in [5.74, 6) is 0. The molecule has 3 N–H and O–H groups in total. The molecule has 15 heteroatoms. The Kier molecular flexibility index (Phi) is 15.4. The van der Waals surface area contributed by atoms with E-state index in [4.69, 9.17) is 15.6 Å². The minimum Gasteiger partial charge on any atom is -0.418 e. The SMILES string of the molecule is CO.Cc1[nH]c(=O)c(C#N)cc1-c1ccncc1.Cc1[nH]c(=O)c(C#N)cc1-c1ccncc1.F[B-](F)(F)F.[Ag+]. The first kappa shape index (κ1) is 35.7. The second kappa shape index (κ2) is 17.3. The maximum absolute atomic E-state index is 11.4. The van der Waals surface area contributed by atoms with Crippen LogP contribution in [0.15, 0.2) is 70.8 Å². The number of rotatable bonds is 2. The summed E-state index contributed by atoms with van der Waals surface area (Å²) in [4.78, 5) is 35.9. The summed E-state index contributed by atoms with van der Waals surface area (Å²) < 4.78 is 39.0. The number of H-pyrrole nitrogens is 2. The van der Waals surface area contributed by atoms with E-state index in [1.807, 2.05) is 36.4 Å². The van der Waals surface area contributed by atoms with Crippen molar-refractivity contribution in [3.05, 3.63) is 104 Å². The quantitative estimate of drug-likeness (QED) is 0.218. The van der Waals surface area contributed by atoms with Crippen LogP contribution in [-0.4, -0.2) is 39.4 Å². The van der Waals surface area contributed by atoms with Crippen LogP contribution in [0.25, 0.3) is 22.3 Å². The molecule has 0 amide bonds. The van der Waals surface area contributed by atoms with E-state index >= 15 is 0 Å². The van der Waals surface area contributed by atoms with Crippen molar-refractivity contribution in [3.63, 3.8) is 0 Å². The van der Waals surface area contributed by atoms with Crippen LogP contribution in [0.1, 0.15) is 22.5 Å². The summed E-state index contributed by atoms with van der Waals surface area (Å²) in [6, 6.07) is 14.3. The van der Waals surface area contributed by atoms with E-state index < -0.39 is 7.25 Å². The topological polar surface area (TPSA) is 159 Å². The molecule has 0 atom stereocenters. The van der Waals surface area contributed by atoms with Gasteiger partial charge in [-0.25, -0.2) is 0 Å². The van der Waals surface area contributed by atoms with Gasteiger partial charge < -0.3 is 32.3 Å². The average Bonchev–Trinajstić information content (AvgIpc) is 2.90. The van der Waals surface area contributed by atoms with Crippen molar-refractivity contribution in [1.29, 1.82) is 10.5 Å². The number of nitrogens with one attached hydrogen (secondary N) is 2. The van der Waals surface area contributed by atoms with Crippen molar-refractivity contribution in [2.45, 2.75) is 13.8 Å². The third-order valence-electron chi connectivity index (χ3n) is 4.70. The fourth-order valence-electron chi connectivity index (χ4n) is 3.07. The van der Waals surface area contributed by atoms with Gasteiger partial charge in [0.05, 0.1) is 0 Å². The van der Waals surface area contributed by atoms with E-state index in [1.165, 1.54) is 0 Å². The third kappa shape index (κ3) is 11.6. The van der Waals surface area contributed by atoms with E-state index in [9.17, 15) is 26.9 Å². The van der Waals surface area contributed by atoms with Crippen LogP contribution in [-0.2, 0) is 22.4 Å². The summed E-state index contributed by atoms with van der Waals surface area (Å²) in [5.41, 5.74) is 4.59. The zero-order valence-corrected chi connectivity index (χ0v) is 22.7. The predicted molar refractivity (Wildman–Crippen MR) is 138 cm³/mol. The number of hydrogen-bond acceptors (Lipinski definition) is 7. The molecule has 0 aliphatic heterocycles. The Morgan fingerprint density at radius 1 is 0.725 bits per heavy atom. The molecule has 0 fully saturated rings. The zero-order valence-electron chi connectivity index (χ0n) is 21.2. The van der Waals surface area contributed by atoms with E-state index in [-0.39, 0.29) is 44.6 Å². The predicted octanol–water partition coefficient (Wildman–Crippen LogP) is 4.14. The molecule has 4 aromatic heterocycles. The van der Waals surface area contributed by atoms with Crippen LogP contribution in [0, 0.1) is 36.5 Å². The summed E-state index contributed by atoms with van der Waals surface area (Å²) in [6.45, 7) is 3.61. The summed E-state index contributed by atoms with van der Waals surface area (Å²) in [7, 11) is -5.00. The molecule has 4 heterocycles. The molecule has 212 valence electrons. The Balaban J connectivity index is 0.000000607. The fraction of sp³-hybridized carbons (Fsp3) is 0.120. The maximum Gasteiger partial charge on any atom is 1.00 e. The van der Waals surface area contributed by atoms with E-state index in [2.05, 4.69) is 19.9 Å². The maximum atomic E-state index is 11.4. The molecule has 4 aromatic rings. The molecule has 40 heavy (non-hydrogen) atoms. The molecule has 0 aliphatic carbocycles. The largest absolute Gasteiger partial charge is 1.00 e. The van der Waals surface area contributed by atoms with E-state index in [0.717, 1.165) is 40.8 Å². The van der Waals surface area contributed by atoms with Gasteiger partial charge in [0.25, 0.3) is 11.1 Å². The van der Waals surface area contributed by atoms with Gasteiger partial charge >= 0.3 is 29.6 Å². The summed E-state index contributed by atoms with van der Waals surface area (Å²) in [5, 5.41) is 24.6. The molecule has 4 rings (SSSR count). The number of aromatic nitrogens is 4. The monoisotopic (exact) mass is 648 g/mol. The first-order chi connectivity index (χ1) is 18.4.